The van der Waals surface area contributed by atoms with E-state index in [1.54, 1.807) is 30.6 Å². The SMILES string of the molecule is Cc1ccccc1[C@@H](NC(=O)Cc1ccccc1F)c1ccncc1. The summed E-state index contributed by atoms with van der Waals surface area (Å²) in [7, 11) is 0. The van der Waals surface area contributed by atoms with Crippen LogP contribution in [0, 0.1) is 12.7 Å². The average molecular weight is 334 g/mol. The summed E-state index contributed by atoms with van der Waals surface area (Å²) in [4.78, 5) is 16.6. The summed E-state index contributed by atoms with van der Waals surface area (Å²) in [5.74, 6) is -0.593. The van der Waals surface area contributed by atoms with Gasteiger partial charge >= 0.3 is 0 Å². The van der Waals surface area contributed by atoms with Gasteiger partial charge < -0.3 is 5.32 Å². The molecule has 0 aliphatic carbocycles. The van der Waals surface area contributed by atoms with E-state index in [2.05, 4.69) is 10.3 Å². The molecule has 0 bridgehead atoms. The van der Waals surface area contributed by atoms with Crippen molar-refractivity contribution in [2.75, 3.05) is 0 Å². The van der Waals surface area contributed by atoms with Gasteiger partial charge in [-0.05, 0) is 47.4 Å². The van der Waals surface area contributed by atoms with E-state index in [0.29, 0.717) is 5.56 Å². The van der Waals surface area contributed by atoms with Crippen LogP contribution in [0.15, 0.2) is 73.1 Å². The second-order valence-electron chi connectivity index (χ2n) is 5.91. The molecule has 25 heavy (non-hydrogen) atoms. The van der Waals surface area contributed by atoms with E-state index in [1.165, 1.54) is 6.07 Å². The molecule has 0 aliphatic rings. The minimum absolute atomic E-state index is 0.000137. The molecule has 0 saturated carbocycles. The lowest BCUT2D eigenvalue weighted by molar-refractivity contribution is -0.121. The molecular weight excluding hydrogens is 315 g/mol. The molecule has 0 unspecified atom stereocenters. The van der Waals surface area contributed by atoms with E-state index in [-0.39, 0.29) is 24.2 Å². The standard InChI is InChI=1S/C21H19FN2O/c1-15-6-2-4-8-18(15)21(16-10-12-23-13-11-16)24-20(25)14-17-7-3-5-9-19(17)22/h2-13,21H,14H2,1H3,(H,24,25)/t21-/m0/s1. The second-order valence-corrected chi connectivity index (χ2v) is 5.91. The summed E-state index contributed by atoms with van der Waals surface area (Å²) in [6.07, 6.45) is 3.40. The molecule has 0 spiro atoms. The van der Waals surface area contributed by atoms with Crippen molar-refractivity contribution >= 4 is 5.91 Å². The van der Waals surface area contributed by atoms with Gasteiger partial charge in [0.05, 0.1) is 12.5 Å². The van der Waals surface area contributed by atoms with Crippen molar-refractivity contribution in [3.05, 3.63) is 101 Å². The molecular formula is C21H19FN2O. The van der Waals surface area contributed by atoms with Crippen molar-refractivity contribution < 1.29 is 9.18 Å². The first kappa shape index (κ1) is 16.8. The van der Waals surface area contributed by atoms with Crippen molar-refractivity contribution in [2.45, 2.75) is 19.4 Å². The molecule has 0 fully saturated rings. The van der Waals surface area contributed by atoms with Crippen LogP contribution in [-0.4, -0.2) is 10.9 Å². The number of benzene rings is 2. The molecule has 3 nitrogen and oxygen atoms in total. The highest BCUT2D eigenvalue weighted by molar-refractivity contribution is 5.79. The number of halogens is 1. The first-order valence-electron chi connectivity index (χ1n) is 8.13. The summed E-state index contributed by atoms with van der Waals surface area (Å²) >= 11 is 0. The van der Waals surface area contributed by atoms with E-state index in [9.17, 15) is 9.18 Å². The average Bonchev–Trinajstić information content (AvgIpc) is 2.63. The second kappa shape index (κ2) is 7.71. The Balaban J connectivity index is 1.87. The Labute approximate surface area is 146 Å². The van der Waals surface area contributed by atoms with Gasteiger partial charge in [0.25, 0.3) is 0 Å². The van der Waals surface area contributed by atoms with Crippen molar-refractivity contribution in [3.8, 4) is 0 Å². The quantitative estimate of drug-likeness (QED) is 0.767. The van der Waals surface area contributed by atoms with Gasteiger partial charge in [0.2, 0.25) is 5.91 Å². The zero-order valence-corrected chi connectivity index (χ0v) is 13.9. The van der Waals surface area contributed by atoms with Gasteiger partial charge in [0.1, 0.15) is 5.82 Å². The molecule has 0 radical (unpaired) electrons. The zero-order valence-electron chi connectivity index (χ0n) is 13.9. The number of carbonyl (C=O) groups is 1. The Kier molecular flexibility index (Phi) is 5.19. The lowest BCUT2D eigenvalue weighted by atomic mass is 9.95. The molecule has 1 aromatic heterocycles. The normalized spacial score (nSPS) is 11.8. The number of nitrogens with zero attached hydrogens (tertiary/aromatic N) is 1. The molecule has 0 saturated heterocycles. The van der Waals surface area contributed by atoms with Crippen LogP contribution in [0.25, 0.3) is 0 Å². The molecule has 0 aliphatic heterocycles. The number of nitrogens with one attached hydrogen (secondary N) is 1. The fourth-order valence-electron chi connectivity index (χ4n) is 2.83. The molecule has 1 heterocycles. The van der Waals surface area contributed by atoms with Crippen molar-refractivity contribution in [1.82, 2.24) is 10.3 Å². The smallest absolute Gasteiger partial charge is 0.225 e. The minimum atomic E-state index is -0.367. The highest BCUT2D eigenvalue weighted by Crippen LogP contribution is 2.24. The number of rotatable bonds is 5. The number of aryl methyl sites for hydroxylation is 1. The fourth-order valence-corrected chi connectivity index (χ4v) is 2.83. The van der Waals surface area contributed by atoms with Crippen LogP contribution in [0.1, 0.15) is 28.3 Å². The van der Waals surface area contributed by atoms with Crippen molar-refractivity contribution in [1.29, 1.82) is 0 Å². The molecule has 3 rings (SSSR count). The van der Waals surface area contributed by atoms with E-state index < -0.39 is 0 Å². The van der Waals surface area contributed by atoms with E-state index in [4.69, 9.17) is 0 Å². The Morgan fingerprint density at radius 3 is 2.44 bits per heavy atom. The highest BCUT2D eigenvalue weighted by atomic mass is 19.1. The molecule has 126 valence electrons. The predicted octanol–water partition coefficient (Wildman–Crippen LogP) is 3.98. The number of hydrogen-bond acceptors (Lipinski definition) is 2. The number of pyridine rings is 1. The van der Waals surface area contributed by atoms with Crippen LogP contribution in [0.4, 0.5) is 4.39 Å². The maximum absolute atomic E-state index is 13.8. The molecule has 1 amide bonds. The highest BCUT2D eigenvalue weighted by Gasteiger charge is 2.19. The monoisotopic (exact) mass is 334 g/mol. The van der Waals surface area contributed by atoms with Gasteiger partial charge in [0, 0.05) is 12.4 Å². The molecule has 4 heteroatoms. The Morgan fingerprint density at radius 2 is 1.72 bits per heavy atom. The van der Waals surface area contributed by atoms with E-state index in [0.717, 1.165) is 16.7 Å². The summed E-state index contributed by atoms with van der Waals surface area (Å²) in [5, 5.41) is 3.03. The van der Waals surface area contributed by atoms with Gasteiger partial charge in [-0.3, -0.25) is 9.78 Å². The summed E-state index contributed by atoms with van der Waals surface area (Å²) in [6.45, 7) is 2.01. The topological polar surface area (TPSA) is 42.0 Å². The predicted molar refractivity (Wildman–Crippen MR) is 95.5 cm³/mol. The van der Waals surface area contributed by atoms with Gasteiger partial charge in [-0.15, -0.1) is 0 Å². The Bertz CT molecular complexity index is 865. The van der Waals surface area contributed by atoms with Crippen LogP contribution in [-0.2, 0) is 11.2 Å². The Morgan fingerprint density at radius 1 is 1.04 bits per heavy atom. The van der Waals surface area contributed by atoms with Crippen LogP contribution in [0.5, 0.6) is 0 Å². The number of hydrogen-bond donors (Lipinski definition) is 1. The lowest BCUT2D eigenvalue weighted by Gasteiger charge is -2.21. The maximum Gasteiger partial charge on any atom is 0.225 e. The lowest BCUT2D eigenvalue weighted by Crippen LogP contribution is -2.31. The summed E-state index contributed by atoms with van der Waals surface area (Å²) < 4.78 is 13.8. The van der Waals surface area contributed by atoms with Gasteiger partial charge in [-0.2, -0.15) is 0 Å². The van der Waals surface area contributed by atoms with Gasteiger partial charge in [-0.25, -0.2) is 4.39 Å². The number of carbonyl (C=O) groups excluding carboxylic acids is 1. The van der Waals surface area contributed by atoms with E-state index >= 15 is 0 Å². The molecule has 2 aromatic carbocycles. The summed E-state index contributed by atoms with van der Waals surface area (Å²) in [6, 6.07) is 17.7. The maximum atomic E-state index is 13.8. The summed E-state index contributed by atoms with van der Waals surface area (Å²) in [5.41, 5.74) is 3.41. The zero-order chi connectivity index (χ0) is 17.6. The first-order chi connectivity index (χ1) is 12.1. The van der Waals surface area contributed by atoms with Gasteiger partial charge in [-0.1, -0.05) is 42.5 Å². The Hall–Kier alpha value is -3.01. The molecule has 1 atom stereocenters. The largest absolute Gasteiger partial charge is 0.345 e. The van der Waals surface area contributed by atoms with Crippen molar-refractivity contribution in [3.63, 3.8) is 0 Å². The molecule has 1 N–H and O–H groups in total. The molecule has 3 aromatic rings. The van der Waals surface area contributed by atoms with E-state index in [1.807, 2.05) is 43.3 Å². The third-order valence-electron chi connectivity index (χ3n) is 4.15. The van der Waals surface area contributed by atoms with Crippen LogP contribution < -0.4 is 5.32 Å². The van der Waals surface area contributed by atoms with Crippen LogP contribution >= 0.6 is 0 Å². The van der Waals surface area contributed by atoms with Crippen LogP contribution in [0.2, 0.25) is 0 Å². The fraction of sp³-hybridized carbons (Fsp3) is 0.143. The third-order valence-corrected chi connectivity index (χ3v) is 4.15. The van der Waals surface area contributed by atoms with Crippen molar-refractivity contribution in [2.24, 2.45) is 0 Å². The third kappa shape index (κ3) is 4.10. The van der Waals surface area contributed by atoms with Crippen LogP contribution in [0.3, 0.4) is 0 Å². The number of aromatic nitrogens is 1. The van der Waals surface area contributed by atoms with Gasteiger partial charge in [0.15, 0.2) is 0 Å². The number of amides is 1. The minimum Gasteiger partial charge on any atom is -0.345 e. The first-order valence-corrected chi connectivity index (χ1v) is 8.13.